The molecule has 1 aliphatic heterocycles. The molecule has 0 aliphatic carbocycles. The SMILES string of the molecule is Cc1ccc(C(C)NS(=O)(=O)N2CCNCC2)c(C)c1. The Labute approximate surface area is 121 Å². The minimum Gasteiger partial charge on any atom is -0.314 e. The topological polar surface area (TPSA) is 61.4 Å². The molecule has 0 aromatic heterocycles. The van der Waals surface area contributed by atoms with E-state index in [1.54, 1.807) is 0 Å². The molecule has 0 radical (unpaired) electrons. The highest BCUT2D eigenvalue weighted by atomic mass is 32.2. The monoisotopic (exact) mass is 297 g/mol. The Morgan fingerprint density at radius 1 is 1.25 bits per heavy atom. The maximum Gasteiger partial charge on any atom is 0.280 e. The van der Waals surface area contributed by atoms with Gasteiger partial charge in [0.25, 0.3) is 10.2 Å². The summed E-state index contributed by atoms with van der Waals surface area (Å²) in [4.78, 5) is 0. The average Bonchev–Trinajstić information content (AvgIpc) is 2.39. The summed E-state index contributed by atoms with van der Waals surface area (Å²) in [5.41, 5.74) is 3.32. The van der Waals surface area contributed by atoms with Gasteiger partial charge in [-0.05, 0) is 31.9 Å². The second kappa shape index (κ2) is 6.22. The smallest absolute Gasteiger partial charge is 0.280 e. The van der Waals surface area contributed by atoms with E-state index in [0.29, 0.717) is 26.2 Å². The van der Waals surface area contributed by atoms with E-state index in [1.807, 2.05) is 32.9 Å². The van der Waals surface area contributed by atoms with Gasteiger partial charge in [0.2, 0.25) is 0 Å². The third-order valence-corrected chi connectivity index (χ3v) is 5.33. The summed E-state index contributed by atoms with van der Waals surface area (Å²) < 4.78 is 28.9. The van der Waals surface area contributed by atoms with Crippen molar-refractivity contribution in [2.45, 2.75) is 26.8 Å². The van der Waals surface area contributed by atoms with Gasteiger partial charge in [-0.1, -0.05) is 23.8 Å². The summed E-state index contributed by atoms with van der Waals surface area (Å²) in [6.07, 6.45) is 0. The molecule has 1 aliphatic rings. The molecule has 0 spiro atoms. The Balaban J connectivity index is 2.11. The van der Waals surface area contributed by atoms with Crippen molar-refractivity contribution in [3.8, 4) is 0 Å². The molecule has 0 amide bonds. The van der Waals surface area contributed by atoms with E-state index < -0.39 is 10.2 Å². The van der Waals surface area contributed by atoms with E-state index in [2.05, 4.69) is 16.1 Å². The molecule has 5 nitrogen and oxygen atoms in total. The molecular formula is C14H23N3O2S. The highest BCUT2D eigenvalue weighted by Gasteiger charge is 2.25. The zero-order valence-electron chi connectivity index (χ0n) is 12.3. The predicted molar refractivity (Wildman–Crippen MR) is 80.8 cm³/mol. The number of benzene rings is 1. The van der Waals surface area contributed by atoms with Gasteiger partial charge in [0.15, 0.2) is 0 Å². The Kier molecular flexibility index (Phi) is 4.80. The number of nitrogens with zero attached hydrogens (tertiary/aromatic N) is 1. The van der Waals surface area contributed by atoms with E-state index in [0.717, 1.165) is 11.1 Å². The lowest BCUT2D eigenvalue weighted by Gasteiger charge is -2.28. The van der Waals surface area contributed by atoms with E-state index in [9.17, 15) is 8.42 Å². The lowest BCUT2D eigenvalue weighted by molar-refractivity contribution is 0.352. The molecule has 1 atom stereocenters. The number of hydrogen-bond acceptors (Lipinski definition) is 3. The van der Waals surface area contributed by atoms with Crippen LogP contribution in [-0.2, 0) is 10.2 Å². The zero-order valence-corrected chi connectivity index (χ0v) is 13.1. The first kappa shape index (κ1) is 15.4. The zero-order chi connectivity index (χ0) is 14.8. The van der Waals surface area contributed by atoms with Gasteiger partial charge in [-0.3, -0.25) is 0 Å². The Bertz CT molecular complexity index is 566. The summed E-state index contributed by atoms with van der Waals surface area (Å²) in [6, 6.07) is 5.86. The summed E-state index contributed by atoms with van der Waals surface area (Å²) in [6.45, 7) is 8.39. The van der Waals surface area contributed by atoms with E-state index in [4.69, 9.17) is 0 Å². The molecule has 1 aromatic rings. The van der Waals surface area contributed by atoms with Gasteiger partial charge in [-0.15, -0.1) is 0 Å². The first-order valence-electron chi connectivity index (χ1n) is 6.95. The van der Waals surface area contributed by atoms with Crippen LogP contribution in [0.4, 0.5) is 0 Å². The first-order chi connectivity index (χ1) is 9.40. The van der Waals surface area contributed by atoms with Crippen molar-refractivity contribution in [1.82, 2.24) is 14.3 Å². The maximum absolute atomic E-state index is 12.3. The molecule has 20 heavy (non-hydrogen) atoms. The van der Waals surface area contributed by atoms with Crippen LogP contribution in [0, 0.1) is 13.8 Å². The number of piperazine rings is 1. The second-order valence-corrected chi connectivity index (χ2v) is 7.06. The number of hydrogen-bond donors (Lipinski definition) is 2. The molecule has 1 aromatic carbocycles. The third-order valence-electron chi connectivity index (χ3n) is 3.63. The summed E-state index contributed by atoms with van der Waals surface area (Å²) in [5, 5.41) is 3.15. The van der Waals surface area contributed by atoms with Crippen LogP contribution in [0.5, 0.6) is 0 Å². The summed E-state index contributed by atoms with van der Waals surface area (Å²) in [7, 11) is -3.41. The van der Waals surface area contributed by atoms with Crippen LogP contribution in [0.2, 0.25) is 0 Å². The van der Waals surface area contributed by atoms with Crippen molar-refractivity contribution in [1.29, 1.82) is 0 Å². The van der Waals surface area contributed by atoms with Gasteiger partial charge in [0.05, 0.1) is 0 Å². The van der Waals surface area contributed by atoms with Crippen molar-refractivity contribution in [3.63, 3.8) is 0 Å². The number of aryl methyl sites for hydroxylation is 2. The van der Waals surface area contributed by atoms with Gasteiger partial charge in [0, 0.05) is 32.2 Å². The van der Waals surface area contributed by atoms with E-state index >= 15 is 0 Å². The van der Waals surface area contributed by atoms with Crippen LogP contribution < -0.4 is 10.0 Å². The van der Waals surface area contributed by atoms with Crippen molar-refractivity contribution >= 4 is 10.2 Å². The fourth-order valence-corrected chi connectivity index (χ4v) is 3.94. The van der Waals surface area contributed by atoms with Gasteiger partial charge in [-0.25, -0.2) is 0 Å². The third kappa shape index (κ3) is 3.58. The van der Waals surface area contributed by atoms with Crippen LogP contribution in [0.1, 0.15) is 29.7 Å². The van der Waals surface area contributed by atoms with Gasteiger partial charge < -0.3 is 5.32 Å². The largest absolute Gasteiger partial charge is 0.314 e. The molecule has 112 valence electrons. The molecular weight excluding hydrogens is 274 g/mol. The summed E-state index contributed by atoms with van der Waals surface area (Å²) >= 11 is 0. The molecule has 1 heterocycles. The molecule has 6 heteroatoms. The van der Waals surface area contributed by atoms with Crippen LogP contribution in [0.25, 0.3) is 0 Å². The van der Waals surface area contributed by atoms with Gasteiger partial charge in [0.1, 0.15) is 0 Å². The highest BCUT2D eigenvalue weighted by molar-refractivity contribution is 7.87. The average molecular weight is 297 g/mol. The lowest BCUT2D eigenvalue weighted by atomic mass is 10.0. The quantitative estimate of drug-likeness (QED) is 0.875. The molecule has 2 N–H and O–H groups in total. The molecule has 0 bridgehead atoms. The van der Waals surface area contributed by atoms with Crippen LogP contribution in [-0.4, -0.2) is 38.9 Å². The van der Waals surface area contributed by atoms with Crippen molar-refractivity contribution in [3.05, 3.63) is 34.9 Å². The van der Waals surface area contributed by atoms with Crippen LogP contribution in [0.3, 0.4) is 0 Å². The molecule has 2 rings (SSSR count). The van der Waals surface area contributed by atoms with Crippen molar-refractivity contribution < 1.29 is 8.42 Å². The second-order valence-electron chi connectivity index (χ2n) is 5.35. The minimum atomic E-state index is -3.41. The van der Waals surface area contributed by atoms with Gasteiger partial charge >= 0.3 is 0 Å². The molecule has 0 saturated carbocycles. The van der Waals surface area contributed by atoms with E-state index in [1.165, 1.54) is 9.87 Å². The van der Waals surface area contributed by atoms with Crippen molar-refractivity contribution in [2.24, 2.45) is 0 Å². The molecule has 1 unspecified atom stereocenters. The number of rotatable bonds is 4. The van der Waals surface area contributed by atoms with E-state index in [-0.39, 0.29) is 6.04 Å². The Morgan fingerprint density at radius 2 is 1.90 bits per heavy atom. The fraction of sp³-hybridized carbons (Fsp3) is 0.571. The van der Waals surface area contributed by atoms with Crippen molar-refractivity contribution in [2.75, 3.05) is 26.2 Å². The van der Waals surface area contributed by atoms with Crippen LogP contribution in [0.15, 0.2) is 18.2 Å². The fourth-order valence-electron chi connectivity index (χ4n) is 2.56. The Hall–Kier alpha value is -0.950. The highest BCUT2D eigenvalue weighted by Crippen LogP contribution is 2.20. The maximum atomic E-state index is 12.3. The normalized spacial score (nSPS) is 18.9. The minimum absolute atomic E-state index is 0.226. The standard InChI is InChI=1S/C14H23N3O2S/c1-11-4-5-14(12(2)10-11)13(3)16-20(18,19)17-8-6-15-7-9-17/h4-5,10,13,15-16H,6-9H2,1-3H3. The van der Waals surface area contributed by atoms with Crippen LogP contribution >= 0.6 is 0 Å². The lowest BCUT2D eigenvalue weighted by Crippen LogP contribution is -2.50. The molecule has 1 saturated heterocycles. The first-order valence-corrected chi connectivity index (χ1v) is 8.39. The van der Waals surface area contributed by atoms with Gasteiger partial charge in [-0.2, -0.15) is 17.4 Å². The molecule has 1 fully saturated rings. The summed E-state index contributed by atoms with van der Waals surface area (Å²) in [5.74, 6) is 0. The number of nitrogens with one attached hydrogen (secondary N) is 2. The predicted octanol–water partition coefficient (Wildman–Crippen LogP) is 1.10. The Morgan fingerprint density at radius 3 is 2.50 bits per heavy atom.